The Morgan fingerprint density at radius 2 is 1.50 bits per heavy atom. The molecular weight excluding hydrogens is 332 g/mol. The van der Waals surface area contributed by atoms with Gasteiger partial charge in [0.2, 0.25) is 0 Å². The van der Waals surface area contributed by atoms with Gasteiger partial charge in [0.05, 0.1) is 21.3 Å². The number of carbonyl (C=O) groups excluding carboxylic acids is 1. The number of hydrogen-bond donors (Lipinski definition) is 1. The molecule has 0 radical (unpaired) electrons. The van der Waals surface area contributed by atoms with E-state index in [2.05, 4.69) is 6.92 Å². The molecule has 3 rings (SSSR count). The summed E-state index contributed by atoms with van der Waals surface area (Å²) in [7, 11) is 4.67. The molecule has 0 unspecified atom stereocenters. The molecule has 5 heteroatoms. The highest BCUT2D eigenvalue weighted by molar-refractivity contribution is 6.01. The van der Waals surface area contributed by atoms with Crippen LogP contribution in [0.3, 0.4) is 0 Å². The lowest BCUT2D eigenvalue weighted by atomic mass is 9.67. The minimum absolute atomic E-state index is 0.0213. The molecule has 0 aromatic heterocycles. The average molecular weight is 356 g/mol. The summed E-state index contributed by atoms with van der Waals surface area (Å²) < 4.78 is 16.1. The van der Waals surface area contributed by atoms with E-state index in [4.69, 9.17) is 14.2 Å². The number of hydrogen-bond acceptors (Lipinski definition) is 5. The maximum Gasteiger partial charge on any atom is 0.166 e. The minimum atomic E-state index is -0.134. The summed E-state index contributed by atoms with van der Waals surface area (Å²) in [6.07, 6.45) is 0. The van der Waals surface area contributed by atoms with Crippen molar-refractivity contribution < 1.29 is 24.1 Å². The summed E-state index contributed by atoms with van der Waals surface area (Å²) in [5.41, 5.74) is 2.55. The molecule has 0 bridgehead atoms. The molecule has 26 heavy (non-hydrogen) atoms. The van der Waals surface area contributed by atoms with E-state index in [1.165, 1.54) is 7.11 Å². The van der Waals surface area contributed by atoms with Gasteiger partial charge in [-0.3, -0.25) is 4.79 Å². The zero-order valence-corrected chi connectivity index (χ0v) is 15.7. The molecule has 0 saturated heterocycles. The van der Waals surface area contributed by atoms with Crippen LogP contribution in [0.5, 0.6) is 23.0 Å². The maximum absolute atomic E-state index is 12.9. The third kappa shape index (κ3) is 2.77. The van der Waals surface area contributed by atoms with Crippen molar-refractivity contribution in [2.45, 2.75) is 19.8 Å². The summed E-state index contributed by atoms with van der Waals surface area (Å²) >= 11 is 0. The summed E-state index contributed by atoms with van der Waals surface area (Å²) in [5.74, 6) is 1.69. The van der Waals surface area contributed by atoms with Crippen LogP contribution in [0, 0.1) is 11.8 Å². The topological polar surface area (TPSA) is 65.0 Å². The molecule has 138 valence electrons. The molecule has 0 spiro atoms. The molecule has 0 fully saturated rings. The van der Waals surface area contributed by atoms with E-state index in [-0.39, 0.29) is 29.3 Å². The fourth-order valence-corrected chi connectivity index (χ4v) is 3.79. The largest absolute Gasteiger partial charge is 0.504 e. The number of ether oxygens (including phenoxy) is 3. The van der Waals surface area contributed by atoms with Gasteiger partial charge in [-0.05, 0) is 41.3 Å². The highest BCUT2D eigenvalue weighted by Gasteiger charge is 2.39. The lowest BCUT2D eigenvalue weighted by Crippen LogP contribution is -2.32. The zero-order chi connectivity index (χ0) is 19.0. The fourth-order valence-electron chi connectivity index (χ4n) is 3.79. The Balaban J connectivity index is 2.23. The molecule has 1 aliphatic carbocycles. The third-order valence-corrected chi connectivity index (χ3v) is 5.45. The van der Waals surface area contributed by atoms with Crippen LogP contribution >= 0.6 is 0 Å². The molecule has 0 amide bonds. The predicted octanol–water partition coefficient (Wildman–Crippen LogP) is 4.02. The van der Waals surface area contributed by atoms with Gasteiger partial charge in [-0.25, -0.2) is 0 Å². The van der Waals surface area contributed by atoms with Crippen molar-refractivity contribution in [2.24, 2.45) is 11.8 Å². The Morgan fingerprint density at radius 1 is 0.885 bits per heavy atom. The van der Waals surface area contributed by atoms with E-state index in [0.717, 1.165) is 11.1 Å². The van der Waals surface area contributed by atoms with E-state index >= 15 is 0 Å². The smallest absolute Gasteiger partial charge is 0.166 e. The predicted molar refractivity (Wildman–Crippen MR) is 98.7 cm³/mol. The van der Waals surface area contributed by atoms with Gasteiger partial charge in [0.1, 0.15) is 0 Å². The number of rotatable bonds is 4. The second kappa shape index (κ2) is 6.90. The molecule has 1 aliphatic rings. The number of aromatic hydroxyl groups is 1. The summed E-state index contributed by atoms with van der Waals surface area (Å²) in [5, 5.41) is 9.92. The first-order valence-corrected chi connectivity index (χ1v) is 8.59. The number of phenols is 1. The van der Waals surface area contributed by atoms with Crippen molar-refractivity contribution >= 4 is 5.78 Å². The SMILES string of the molecule is COc1cc([C@@H]2c3cc(OC)c(OC)cc3C(=O)[C@@H](C)[C@H]2C)ccc1O. The number of phenolic OH excluding ortho intramolecular Hbond substituents is 1. The van der Waals surface area contributed by atoms with Crippen LogP contribution in [-0.2, 0) is 0 Å². The quantitative estimate of drug-likeness (QED) is 0.896. The number of carbonyl (C=O) groups is 1. The highest BCUT2D eigenvalue weighted by Crippen LogP contribution is 2.47. The number of ketones is 1. The van der Waals surface area contributed by atoms with Crippen LogP contribution in [0.2, 0.25) is 0 Å². The lowest BCUT2D eigenvalue weighted by molar-refractivity contribution is 0.0865. The molecule has 5 nitrogen and oxygen atoms in total. The van der Waals surface area contributed by atoms with Gasteiger partial charge < -0.3 is 19.3 Å². The lowest BCUT2D eigenvalue weighted by Gasteiger charge is -2.36. The standard InChI is InChI=1S/C21H24O5/c1-11-12(2)21(23)15-10-19(26-5)18(25-4)9-14(15)20(11)13-6-7-16(22)17(8-13)24-3/h6-12,20,22H,1-5H3/t11-,12+,20-/m1/s1. The van der Waals surface area contributed by atoms with Crippen molar-refractivity contribution in [1.29, 1.82) is 0 Å². The molecule has 0 heterocycles. The van der Waals surface area contributed by atoms with Crippen LogP contribution in [-0.4, -0.2) is 32.2 Å². The second-order valence-corrected chi connectivity index (χ2v) is 6.72. The van der Waals surface area contributed by atoms with Gasteiger partial charge in [0.15, 0.2) is 28.8 Å². The van der Waals surface area contributed by atoms with Crippen LogP contribution < -0.4 is 14.2 Å². The molecule has 0 aliphatic heterocycles. The van der Waals surface area contributed by atoms with Crippen molar-refractivity contribution in [3.8, 4) is 23.0 Å². The van der Waals surface area contributed by atoms with Gasteiger partial charge in [0.25, 0.3) is 0 Å². The van der Waals surface area contributed by atoms with Gasteiger partial charge in [0, 0.05) is 17.4 Å². The molecule has 1 N–H and O–H groups in total. The molecule has 0 saturated carbocycles. The third-order valence-electron chi connectivity index (χ3n) is 5.45. The normalized spacial score (nSPS) is 21.9. The fraction of sp³-hybridized carbons (Fsp3) is 0.381. The van der Waals surface area contributed by atoms with E-state index < -0.39 is 0 Å². The number of benzene rings is 2. The average Bonchev–Trinajstić information content (AvgIpc) is 2.66. The van der Waals surface area contributed by atoms with Gasteiger partial charge in [-0.1, -0.05) is 19.9 Å². The Labute approximate surface area is 153 Å². The van der Waals surface area contributed by atoms with Crippen molar-refractivity contribution in [3.05, 3.63) is 47.0 Å². The number of Topliss-reactive ketones (excluding diaryl/α,β-unsaturated/α-hetero) is 1. The molecule has 3 atom stereocenters. The Bertz CT molecular complexity index is 843. The molecule has 2 aromatic carbocycles. The van der Waals surface area contributed by atoms with Crippen LogP contribution in [0.15, 0.2) is 30.3 Å². The Morgan fingerprint density at radius 3 is 2.12 bits per heavy atom. The molecule has 2 aromatic rings. The molecular formula is C21H24O5. The first-order valence-electron chi connectivity index (χ1n) is 8.59. The van der Waals surface area contributed by atoms with Crippen molar-refractivity contribution in [2.75, 3.05) is 21.3 Å². The zero-order valence-electron chi connectivity index (χ0n) is 15.7. The van der Waals surface area contributed by atoms with E-state index in [1.807, 2.05) is 25.1 Å². The van der Waals surface area contributed by atoms with Crippen LogP contribution in [0.4, 0.5) is 0 Å². The van der Waals surface area contributed by atoms with Gasteiger partial charge in [-0.2, -0.15) is 0 Å². The van der Waals surface area contributed by atoms with Crippen LogP contribution in [0.1, 0.15) is 41.3 Å². The van der Waals surface area contributed by atoms with E-state index in [9.17, 15) is 9.90 Å². The number of methoxy groups -OCH3 is 3. The first kappa shape index (κ1) is 18.1. The van der Waals surface area contributed by atoms with Gasteiger partial charge >= 0.3 is 0 Å². The number of fused-ring (bicyclic) bond motifs is 1. The minimum Gasteiger partial charge on any atom is -0.504 e. The summed E-state index contributed by atoms with van der Waals surface area (Å²) in [6.45, 7) is 4.03. The van der Waals surface area contributed by atoms with Crippen LogP contribution in [0.25, 0.3) is 0 Å². The Kier molecular flexibility index (Phi) is 4.81. The summed E-state index contributed by atoms with van der Waals surface area (Å²) in [4.78, 5) is 12.9. The summed E-state index contributed by atoms with van der Waals surface area (Å²) in [6, 6.07) is 8.99. The van der Waals surface area contributed by atoms with Gasteiger partial charge in [-0.15, -0.1) is 0 Å². The van der Waals surface area contributed by atoms with Crippen molar-refractivity contribution in [1.82, 2.24) is 0 Å². The van der Waals surface area contributed by atoms with E-state index in [1.54, 1.807) is 26.4 Å². The Hall–Kier alpha value is -2.69. The highest BCUT2D eigenvalue weighted by atomic mass is 16.5. The monoisotopic (exact) mass is 356 g/mol. The second-order valence-electron chi connectivity index (χ2n) is 6.72. The maximum atomic E-state index is 12.9. The van der Waals surface area contributed by atoms with Crippen molar-refractivity contribution in [3.63, 3.8) is 0 Å². The van der Waals surface area contributed by atoms with E-state index in [0.29, 0.717) is 22.8 Å². The first-order chi connectivity index (χ1) is 12.4.